The second-order valence-corrected chi connectivity index (χ2v) is 24.9. The Labute approximate surface area is 500 Å². The highest BCUT2D eigenvalue weighted by atomic mass is 16.5. The summed E-state index contributed by atoms with van der Waals surface area (Å²) < 4.78 is 5.46. The van der Waals surface area contributed by atoms with Gasteiger partial charge in [0.2, 0.25) is 5.91 Å². The van der Waals surface area contributed by atoms with Gasteiger partial charge in [0.15, 0.2) is 0 Å². The van der Waals surface area contributed by atoms with Gasteiger partial charge < -0.3 is 20.3 Å². The highest BCUT2D eigenvalue weighted by Crippen LogP contribution is 2.19. The van der Waals surface area contributed by atoms with Crippen LogP contribution in [0, 0.1) is 0 Å². The molecule has 0 rings (SSSR count). The minimum atomic E-state index is -0.668. The number of ether oxygens (including phenoxy) is 1. The summed E-state index contributed by atoms with van der Waals surface area (Å²) in [5.74, 6) is -0.0336. The van der Waals surface area contributed by atoms with Crippen molar-refractivity contribution in [3.05, 3.63) is 36.5 Å². The van der Waals surface area contributed by atoms with Gasteiger partial charge in [-0.3, -0.25) is 9.59 Å². The second kappa shape index (κ2) is 69.6. The molecule has 0 bridgehead atoms. The quantitative estimate of drug-likeness (QED) is 0.0320. The zero-order chi connectivity index (χ0) is 57.8. The molecular formula is C74H141NO5. The minimum Gasteiger partial charge on any atom is -0.466 e. The van der Waals surface area contributed by atoms with Gasteiger partial charge in [0, 0.05) is 12.8 Å². The Morgan fingerprint density at radius 2 is 0.637 bits per heavy atom. The normalized spacial score (nSPS) is 12.7. The topological polar surface area (TPSA) is 95.9 Å². The number of esters is 1. The average Bonchev–Trinajstić information content (AvgIpc) is 3.46. The number of hydrogen-bond acceptors (Lipinski definition) is 5. The van der Waals surface area contributed by atoms with Crippen molar-refractivity contribution in [3.63, 3.8) is 0 Å². The molecule has 0 heterocycles. The average molecular weight is 1120 g/mol. The molecule has 0 aromatic rings. The molecule has 0 aromatic heterocycles. The zero-order valence-electron chi connectivity index (χ0n) is 54.1. The van der Waals surface area contributed by atoms with Crippen molar-refractivity contribution in [1.29, 1.82) is 0 Å². The predicted molar refractivity (Wildman–Crippen MR) is 352 cm³/mol. The van der Waals surface area contributed by atoms with E-state index in [0.717, 1.165) is 51.4 Å². The summed E-state index contributed by atoms with van der Waals surface area (Å²) in [6, 6.07) is -0.546. The number of unbranched alkanes of at least 4 members (excludes halogenated alkanes) is 51. The summed E-state index contributed by atoms with van der Waals surface area (Å²) in [7, 11) is 0. The van der Waals surface area contributed by atoms with E-state index in [9.17, 15) is 19.8 Å². The standard InChI is InChI=1S/C74H141NO5/c1-3-5-7-9-11-13-15-16-17-18-19-20-21-25-28-31-34-37-40-43-47-50-54-58-62-66-72(77)71(70-76)75-73(78)67-63-59-55-51-48-44-41-38-35-32-29-26-23-22-24-27-30-33-36-39-42-45-49-53-57-61-65-69-80-74(79)68-64-60-56-52-46-14-12-10-8-6-4-2/h10,12,22-23,27,30,71-72,76-77H,3-9,11,13-21,24-26,28-29,31-70H2,1-2H3,(H,75,78)/b12-10-,23-22-,30-27-. The molecule has 0 spiro atoms. The Morgan fingerprint density at radius 1 is 0.350 bits per heavy atom. The largest absolute Gasteiger partial charge is 0.466 e. The third-order valence-electron chi connectivity index (χ3n) is 16.9. The van der Waals surface area contributed by atoms with E-state index in [1.54, 1.807) is 0 Å². The molecule has 0 aromatic carbocycles. The summed E-state index contributed by atoms with van der Waals surface area (Å²) in [6.45, 7) is 4.94. The number of hydrogen-bond donors (Lipinski definition) is 3. The molecule has 1 amide bonds. The van der Waals surface area contributed by atoms with Crippen molar-refractivity contribution in [2.75, 3.05) is 13.2 Å². The third-order valence-corrected chi connectivity index (χ3v) is 16.9. The first-order chi connectivity index (χ1) is 39.5. The molecule has 6 nitrogen and oxygen atoms in total. The monoisotopic (exact) mass is 1120 g/mol. The van der Waals surface area contributed by atoms with E-state index >= 15 is 0 Å². The molecule has 0 radical (unpaired) electrons. The van der Waals surface area contributed by atoms with E-state index in [-0.39, 0.29) is 18.5 Å². The Balaban J connectivity index is 3.42. The Hall–Kier alpha value is -1.92. The van der Waals surface area contributed by atoms with E-state index in [1.807, 2.05) is 0 Å². The van der Waals surface area contributed by atoms with Crippen molar-refractivity contribution >= 4 is 11.9 Å². The van der Waals surface area contributed by atoms with Crippen LogP contribution in [0.25, 0.3) is 0 Å². The molecule has 80 heavy (non-hydrogen) atoms. The SMILES string of the molecule is CCCC/C=C\CCCCCCCC(=O)OCCCCCCCCCCC/C=C\C/C=C\CCCCCCCCCCCCCC(=O)NC(CO)C(O)CCCCCCCCCCCCCCCCCCCCCCCCCCC. The summed E-state index contributed by atoms with van der Waals surface area (Å²) >= 11 is 0. The van der Waals surface area contributed by atoms with Gasteiger partial charge in [-0.05, 0) is 77.0 Å². The minimum absolute atomic E-state index is 0.00000510. The first kappa shape index (κ1) is 78.1. The molecule has 0 aliphatic rings. The van der Waals surface area contributed by atoms with E-state index < -0.39 is 12.1 Å². The molecule has 0 aliphatic heterocycles. The van der Waals surface area contributed by atoms with E-state index in [1.165, 1.54) is 315 Å². The maximum atomic E-state index is 12.6. The molecule has 0 saturated heterocycles. The Bertz CT molecular complexity index is 1300. The smallest absolute Gasteiger partial charge is 0.305 e. The molecule has 6 heteroatoms. The van der Waals surface area contributed by atoms with Gasteiger partial charge in [0.25, 0.3) is 0 Å². The predicted octanol–water partition coefficient (Wildman–Crippen LogP) is 23.5. The lowest BCUT2D eigenvalue weighted by molar-refractivity contribution is -0.143. The van der Waals surface area contributed by atoms with Crippen LogP contribution in [0.4, 0.5) is 0 Å². The molecule has 2 unspecified atom stereocenters. The summed E-state index contributed by atoms with van der Waals surface area (Å²) in [6.07, 6.45) is 89.2. The zero-order valence-corrected chi connectivity index (χ0v) is 54.1. The number of rotatable bonds is 68. The number of nitrogens with one attached hydrogen (secondary N) is 1. The molecule has 3 N–H and O–H groups in total. The third kappa shape index (κ3) is 65.2. The lowest BCUT2D eigenvalue weighted by Crippen LogP contribution is -2.45. The van der Waals surface area contributed by atoms with Gasteiger partial charge in [0.1, 0.15) is 0 Å². The number of carbonyl (C=O) groups is 2. The van der Waals surface area contributed by atoms with Crippen LogP contribution in [0.3, 0.4) is 0 Å². The van der Waals surface area contributed by atoms with E-state index in [2.05, 4.69) is 55.6 Å². The van der Waals surface area contributed by atoms with Crippen molar-refractivity contribution in [2.45, 2.75) is 411 Å². The molecule has 0 fully saturated rings. The summed E-state index contributed by atoms with van der Waals surface area (Å²) in [4.78, 5) is 24.6. The van der Waals surface area contributed by atoms with Crippen molar-refractivity contribution in [2.24, 2.45) is 0 Å². The Morgan fingerprint density at radius 3 is 1.00 bits per heavy atom. The van der Waals surface area contributed by atoms with Gasteiger partial charge in [-0.1, -0.05) is 346 Å². The molecule has 0 aliphatic carbocycles. The van der Waals surface area contributed by atoms with Crippen LogP contribution in [0.15, 0.2) is 36.5 Å². The van der Waals surface area contributed by atoms with Crippen LogP contribution in [0.1, 0.15) is 399 Å². The van der Waals surface area contributed by atoms with Crippen LogP contribution < -0.4 is 5.32 Å². The maximum Gasteiger partial charge on any atom is 0.305 e. The number of aliphatic hydroxyl groups excluding tert-OH is 2. The van der Waals surface area contributed by atoms with Gasteiger partial charge in [0.05, 0.1) is 25.4 Å². The van der Waals surface area contributed by atoms with Crippen LogP contribution in [0.5, 0.6) is 0 Å². The fraction of sp³-hybridized carbons (Fsp3) is 0.892. The van der Waals surface area contributed by atoms with Crippen molar-refractivity contribution in [3.8, 4) is 0 Å². The highest BCUT2D eigenvalue weighted by Gasteiger charge is 2.20. The summed E-state index contributed by atoms with van der Waals surface area (Å²) in [5.41, 5.74) is 0. The second-order valence-electron chi connectivity index (χ2n) is 24.9. The van der Waals surface area contributed by atoms with Crippen LogP contribution >= 0.6 is 0 Å². The van der Waals surface area contributed by atoms with Gasteiger partial charge in [-0.25, -0.2) is 0 Å². The van der Waals surface area contributed by atoms with Crippen LogP contribution in [-0.2, 0) is 14.3 Å². The number of amides is 1. The van der Waals surface area contributed by atoms with Crippen molar-refractivity contribution in [1.82, 2.24) is 5.32 Å². The van der Waals surface area contributed by atoms with Crippen molar-refractivity contribution < 1.29 is 24.5 Å². The van der Waals surface area contributed by atoms with E-state index in [0.29, 0.717) is 25.9 Å². The lowest BCUT2D eigenvalue weighted by Gasteiger charge is -2.22. The van der Waals surface area contributed by atoms with Gasteiger partial charge in [-0.15, -0.1) is 0 Å². The fourth-order valence-corrected chi connectivity index (χ4v) is 11.4. The number of carbonyl (C=O) groups excluding carboxylic acids is 2. The molecule has 0 saturated carbocycles. The lowest BCUT2D eigenvalue weighted by atomic mass is 10.0. The van der Waals surface area contributed by atoms with Gasteiger partial charge >= 0.3 is 5.97 Å². The van der Waals surface area contributed by atoms with Crippen LogP contribution in [0.2, 0.25) is 0 Å². The first-order valence-corrected chi connectivity index (χ1v) is 36.2. The molecule has 472 valence electrons. The molecular weight excluding hydrogens is 983 g/mol. The number of aliphatic hydroxyl groups is 2. The van der Waals surface area contributed by atoms with Crippen LogP contribution in [-0.4, -0.2) is 47.4 Å². The Kier molecular flexibility index (Phi) is 67.9. The number of allylic oxidation sites excluding steroid dienone is 6. The maximum absolute atomic E-state index is 12.6. The highest BCUT2D eigenvalue weighted by molar-refractivity contribution is 5.76. The van der Waals surface area contributed by atoms with E-state index in [4.69, 9.17) is 4.74 Å². The fourth-order valence-electron chi connectivity index (χ4n) is 11.4. The first-order valence-electron chi connectivity index (χ1n) is 36.2. The molecule has 2 atom stereocenters. The van der Waals surface area contributed by atoms with Gasteiger partial charge in [-0.2, -0.15) is 0 Å². The summed E-state index contributed by atoms with van der Waals surface area (Å²) in [5, 5.41) is 23.5.